The topological polar surface area (TPSA) is 87.7 Å². The van der Waals surface area contributed by atoms with Gasteiger partial charge in [-0.05, 0) is 55.0 Å². The van der Waals surface area contributed by atoms with Gasteiger partial charge in [0.05, 0.1) is 17.7 Å². The van der Waals surface area contributed by atoms with Crippen molar-refractivity contribution in [3.05, 3.63) is 59.7 Å². The van der Waals surface area contributed by atoms with E-state index in [1.54, 1.807) is 48.5 Å². The third-order valence-corrected chi connectivity index (χ3v) is 4.52. The van der Waals surface area contributed by atoms with Gasteiger partial charge in [-0.15, -0.1) is 0 Å². The first kappa shape index (κ1) is 20.5. The molecule has 29 heavy (non-hydrogen) atoms. The number of thiocarbonyl (C=S) groups is 1. The fourth-order valence-electron chi connectivity index (χ4n) is 2.82. The molecule has 3 rings (SSSR count). The third-order valence-electron chi connectivity index (χ3n) is 4.31. The first-order chi connectivity index (χ1) is 14.0. The Kier molecular flexibility index (Phi) is 6.56. The predicted octanol–water partition coefficient (Wildman–Crippen LogP) is 2.97. The molecule has 2 aromatic carbocycles. The van der Waals surface area contributed by atoms with Gasteiger partial charge in [0.25, 0.3) is 11.8 Å². The minimum absolute atomic E-state index is 0.0752. The molecular weight excluding hydrogens is 390 g/mol. The second-order valence-corrected chi connectivity index (χ2v) is 6.88. The van der Waals surface area contributed by atoms with E-state index in [0.29, 0.717) is 23.4 Å². The summed E-state index contributed by atoms with van der Waals surface area (Å²) in [5.74, 6) is -0.780. The summed E-state index contributed by atoms with van der Waals surface area (Å²) in [6.07, 6.45) is 2.05. The molecule has 0 saturated heterocycles. The highest BCUT2D eigenvalue weighted by molar-refractivity contribution is 7.80. The van der Waals surface area contributed by atoms with Crippen LogP contribution in [0.15, 0.2) is 48.5 Å². The van der Waals surface area contributed by atoms with E-state index in [0.717, 1.165) is 23.5 Å². The maximum absolute atomic E-state index is 12.3. The zero-order valence-corrected chi connectivity index (χ0v) is 16.8. The summed E-state index contributed by atoms with van der Waals surface area (Å²) in [7, 11) is 0. The zero-order valence-electron chi connectivity index (χ0n) is 15.9. The Morgan fingerprint density at radius 3 is 2.24 bits per heavy atom. The van der Waals surface area contributed by atoms with Crippen molar-refractivity contribution in [2.75, 3.05) is 18.5 Å². The van der Waals surface area contributed by atoms with Crippen LogP contribution in [0.2, 0.25) is 0 Å². The van der Waals surface area contributed by atoms with Gasteiger partial charge in [0, 0.05) is 5.69 Å². The summed E-state index contributed by atoms with van der Waals surface area (Å²) < 4.78 is 5.59. The molecule has 1 aliphatic rings. The van der Waals surface area contributed by atoms with Crippen LogP contribution in [0.1, 0.15) is 40.5 Å². The molecule has 3 amide bonds. The van der Waals surface area contributed by atoms with E-state index >= 15 is 0 Å². The Balaban J connectivity index is 1.50. The average Bonchev–Trinajstić information content (AvgIpc) is 2.94. The number of unbranched alkanes of at least 4 members (excludes halogenated alkanes) is 1. The molecule has 0 atom stereocenters. The normalized spacial score (nSPS) is 12.5. The zero-order chi connectivity index (χ0) is 20.8. The van der Waals surface area contributed by atoms with Crippen molar-refractivity contribution in [2.24, 2.45) is 0 Å². The van der Waals surface area contributed by atoms with Crippen molar-refractivity contribution in [3.8, 4) is 5.75 Å². The number of rotatable bonds is 7. The number of amides is 3. The number of carbonyl (C=O) groups is 3. The average molecular weight is 411 g/mol. The maximum Gasteiger partial charge on any atom is 0.262 e. The van der Waals surface area contributed by atoms with Crippen LogP contribution in [0.25, 0.3) is 0 Å². The molecule has 0 bridgehead atoms. The van der Waals surface area contributed by atoms with Gasteiger partial charge in [-0.25, -0.2) is 0 Å². The number of benzene rings is 2. The monoisotopic (exact) mass is 411 g/mol. The molecule has 150 valence electrons. The van der Waals surface area contributed by atoms with Crippen LogP contribution < -0.4 is 15.4 Å². The summed E-state index contributed by atoms with van der Waals surface area (Å²) in [6, 6.07) is 13.7. The molecule has 8 heteroatoms. The number of imide groups is 1. The molecule has 0 aromatic heterocycles. The van der Waals surface area contributed by atoms with Gasteiger partial charge in [0.15, 0.2) is 5.11 Å². The van der Waals surface area contributed by atoms with Gasteiger partial charge in [-0.1, -0.05) is 25.5 Å². The summed E-state index contributed by atoms with van der Waals surface area (Å²) >= 11 is 5.14. The van der Waals surface area contributed by atoms with Crippen molar-refractivity contribution >= 4 is 40.7 Å². The highest BCUT2D eigenvalue weighted by atomic mass is 32.1. The summed E-state index contributed by atoms with van der Waals surface area (Å²) in [4.78, 5) is 37.8. The van der Waals surface area contributed by atoms with Gasteiger partial charge in [0.2, 0.25) is 5.91 Å². The molecule has 0 fully saturated rings. The summed E-state index contributed by atoms with van der Waals surface area (Å²) in [5.41, 5.74) is 1.28. The molecule has 0 radical (unpaired) electrons. The fourth-order valence-corrected chi connectivity index (χ4v) is 3.06. The number of fused-ring (bicyclic) bond motifs is 1. The molecule has 1 heterocycles. The maximum atomic E-state index is 12.3. The minimum Gasteiger partial charge on any atom is -0.494 e. The van der Waals surface area contributed by atoms with Gasteiger partial charge in [-0.2, -0.15) is 0 Å². The lowest BCUT2D eigenvalue weighted by molar-refractivity contribution is -0.120. The highest BCUT2D eigenvalue weighted by Gasteiger charge is 2.36. The SMILES string of the molecule is CCCCOc1ccc(NC(=S)NC(=O)CN2C(=O)c3ccccc3C2=O)cc1. The van der Waals surface area contributed by atoms with E-state index in [1.807, 2.05) is 0 Å². The quantitative estimate of drug-likeness (QED) is 0.414. The minimum atomic E-state index is -0.559. The van der Waals surface area contributed by atoms with Crippen LogP contribution in [0, 0.1) is 0 Å². The summed E-state index contributed by atoms with van der Waals surface area (Å²) in [6.45, 7) is 2.36. The van der Waals surface area contributed by atoms with E-state index in [2.05, 4.69) is 17.6 Å². The number of anilines is 1. The van der Waals surface area contributed by atoms with E-state index in [9.17, 15) is 14.4 Å². The predicted molar refractivity (Wildman–Crippen MR) is 113 cm³/mol. The highest BCUT2D eigenvalue weighted by Crippen LogP contribution is 2.22. The number of hydrogen-bond acceptors (Lipinski definition) is 5. The number of hydrogen-bond donors (Lipinski definition) is 2. The molecule has 2 N–H and O–H groups in total. The molecule has 7 nitrogen and oxygen atoms in total. The Labute approximate surface area is 174 Å². The van der Waals surface area contributed by atoms with Crippen LogP contribution >= 0.6 is 12.2 Å². The largest absolute Gasteiger partial charge is 0.494 e. The molecular formula is C21H21N3O4S. The molecule has 0 saturated carbocycles. The first-order valence-corrected chi connectivity index (χ1v) is 9.69. The van der Waals surface area contributed by atoms with Crippen LogP contribution in [0.3, 0.4) is 0 Å². The lowest BCUT2D eigenvalue weighted by atomic mass is 10.1. The second kappa shape index (κ2) is 9.29. The molecule has 0 unspecified atom stereocenters. The van der Waals surface area contributed by atoms with Gasteiger partial charge in [-0.3, -0.25) is 19.3 Å². The lowest BCUT2D eigenvalue weighted by Crippen LogP contribution is -2.43. The van der Waals surface area contributed by atoms with E-state index in [4.69, 9.17) is 17.0 Å². The first-order valence-electron chi connectivity index (χ1n) is 9.28. The smallest absolute Gasteiger partial charge is 0.262 e. The van der Waals surface area contributed by atoms with E-state index < -0.39 is 24.3 Å². The van der Waals surface area contributed by atoms with Gasteiger partial charge >= 0.3 is 0 Å². The van der Waals surface area contributed by atoms with Crippen LogP contribution in [-0.2, 0) is 4.79 Å². The molecule has 1 aliphatic heterocycles. The third kappa shape index (κ3) is 4.97. The van der Waals surface area contributed by atoms with E-state index in [-0.39, 0.29) is 5.11 Å². The van der Waals surface area contributed by atoms with Crippen molar-refractivity contribution in [1.82, 2.24) is 10.2 Å². The standard InChI is InChI=1S/C21H21N3O4S/c1-2-3-12-28-15-10-8-14(9-11-15)22-21(29)23-18(25)13-24-19(26)16-6-4-5-7-17(16)20(24)27/h4-11H,2-3,12-13H2,1H3,(H2,22,23,25,29). The number of nitrogens with zero attached hydrogens (tertiary/aromatic N) is 1. The Morgan fingerprint density at radius 2 is 1.66 bits per heavy atom. The Bertz CT molecular complexity index is 908. The van der Waals surface area contributed by atoms with Gasteiger partial charge < -0.3 is 15.4 Å². The van der Waals surface area contributed by atoms with Crippen LogP contribution in [0.4, 0.5) is 5.69 Å². The van der Waals surface area contributed by atoms with Crippen molar-refractivity contribution < 1.29 is 19.1 Å². The van der Waals surface area contributed by atoms with Crippen LogP contribution in [-0.4, -0.2) is 40.9 Å². The second-order valence-electron chi connectivity index (χ2n) is 6.47. The van der Waals surface area contributed by atoms with Crippen molar-refractivity contribution in [1.29, 1.82) is 0 Å². The van der Waals surface area contributed by atoms with Crippen LogP contribution in [0.5, 0.6) is 5.75 Å². The Morgan fingerprint density at radius 1 is 1.03 bits per heavy atom. The van der Waals surface area contributed by atoms with Crippen molar-refractivity contribution in [2.45, 2.75) is 19.8 Å². The summed E-state index contributed by atoms with van der Waals surface area (Å²) in [5, 5.41) is 5.45. The van der Waals surface area contributed by atoms with Gasteiger partial charge in [0.1, 0.15) is 12.3 Å². The fraction of sp³-hybridized carbons (Fsp3) is 0.238. The lowest BCUT2D eigenvalue weighted by Gasteiger charge is -2.15. The Hall–Kier alpha value is -3.26. The van der Waals surface area contributed by atoms with Crippen molar-refractivity contribution in [3.63, 3.8) is 0 Å². The molecule has 2 aromatic rings. The number of ether oxygens (including phenoxy) is 1. The number of carbonyl (C=O) groups excluding carboxylic acids is 3. The molecule has 0 spiro atoms. The number of nitrogens with one attached hydrogen (secondary N) is 2. The molecule has 0 aliphatic carbocycles. The van der Waals surface area contributed by atoms with E-state index in [1.165, 1.54) is 0 Å².